The first-order chi connectivity index (χ1) is 6.35. The van der Waals surface area contributed by atoms with Crippen molar-refractivity contribution in [2.45, 2.75) is 56.9 Å². The lowest BCUT2D eigenvalue weighted by Gasteiger charge is -2.49. The third-order valence-electron chi connectivity index (χ3n) is 2.96. The van der Waals surface area contributed by atoms with Gasteiger partial charge in [-0.25, -0.2) is 0 Å². The fraction of sp³-hybridized carbons (Fsp3) is 1.00. The molecule has 0 heterocycles. The Kier molecular flexibility index (Phi) is 3.79. The summed E-state index contributed by atoms with van der Waals surface area (Å²) in [4.78, 5) is 0. The molecule has 0 saturated heterocycles. The van der Waals surface area contributed by atoms with Gasteiger partial charge in [0.1, 0.15) is 23.5 Å². The molecule has 0 aromatic carbocycles. The Labute approximate surface area is 91.6 Å². The van der Waals surface area contributed by atoms with E-state index in [9.17, 15) is 0 Å². The van der Waals surface area contributed by atoms with E-state index >= 15 is 0 Å². The van der Waals surface area contributed by atoms with Crippen molar-refractivity contribution in [1.29, 1.82) is 0 Å². The van der Waals surface area contributed by atoms with Crippen molar-refractivity contribution in [2.24, 2.45) is 5.92 Å². The molecular weight excluding hydrogens is 169 g/mol. The van der Waals surface area contributed by atoms with Crippen LogP contribution in [0.15, 0.2) is 0 Å². The quantitative estimate of drug-likeness (QED) is 0.551. The van der Waals surface area contributed by atoms with Crippen molar-refractivity contribution in [3.8, 4) is 0 Å². The Morgan fingerprint density at radius 2 is 1.93 bits per heavy atom. The summed E-state index contributed by atoms with van der Waals surface area (Å²) in [6.45, 7) is 4.53. The second-order valence-corrected chi connectivity index (χ2v) is 6.08. The van der Waals surface area contributed by atoms with E-state index in [0.717, 1.165) is 5.92 Å². The number of ether oxygens (including phenoxy) is 1. The Bertz CT molecular complexity index is 182. The van der Waals surface area contributed by atoms with Gasteiger partial charge in [-0.2, -0.15) is 0 Å². The molecule has 0 unspecified atom stereocenters. The molecule has 0 radical (unpaired) electrons. The van der Waals surface area contributed by atoms with Crippen LogP contribution in [0.4, 0.5) is 0 Å². The van der Waals surface area contributed by atoms with Crippen LogP contribution < -0.4 is 0 Å². The smallest absolute Gasteiger partial charge is 0.121 e. The SMILES string of the molecule is BC(B)(B)OC1(C)CC(CCCC)C1. The van der Waals surface area contributed by atoms with Crippen molar-refractivity contribution in [3.63, 3.8) is 0 Å². The minimum atomic E-state index is 0.0183. The second kappa shape index (κ2) is 4.34. The highest BCUT2D eigenvalue weighted by atomic mass is 16.5. The Balaban J connectivity index is 2.23. The van der Waals surface area contributed by atoms with Gasteiger partial charge in [0, 0.05) is 0 Å². The molecule has 1 rings (SSSR count). The van der Waals surface area contributed by atoms with Gasteiger partial charge in [-0.15, -0.1) is 0 Å². The van der Waals surface area contributed by atoms with E-state index in [0.29, 0.717) is 0 Å². The topological polar surface area (TPSA) is 9.23 Å². The molecular formula is C10H23B3O. The standard InChI is InChI=1S/C10H23B3O/c1-3-4-5-8-6-9(2,7-8)14-10(11,12)13/h8H,3-7,11-13H2,1-2H3. The van der Waals surface area contributed by atoms with Crippen molar-refractivity contribution in [2.75, 3.05) is 0 Å². The van der Waals surface area contributed by atoms with Crippen molar-refractivity contribution in [1.82, 2.24) is 0 Å². The molecule has 14 heavy (non-hydrogen) atoms. The van der Waals surface area contributed by atoms with Gasteiger partial charge in [0.15, 0.2) is 0 Å². The molecule has 0 N–H and O–H groups in total. The van der Waals surface area contributed by atoms with Gasteiger partial charge in [0.05, 0.1) is 5.60 Å². The van der Waals surface area contributed by atoms with Crippen LogP contribution >= 0.6 is 0 Å². The zero-order valence-electron chi connectivity index (χ0n) is 10.5. The average molecular weight is 192 g/mol. The first-order valence-electron chi connectivity index (χ1n) is 6.05. The fourth-order valence-corrected chi connectivity index (χ4v) is 2.68. The lowest BCUT2D eigenvalue weighted by Crippen LogP contribution is -2.51. The number of hydrogen-bond donors (Lipinski definition) is 0. The normalized spacial score (nSPS) is 32.6. The van der Waals surface area contributed by atoms with Crippen molar-refractivity contribution in [3.05, 3.63) is 0 Å². The van der Waals surface area contributed by atoms with E-state index in [2.05, 4.69) is 37.4 Å². The molecule has 0 aliphatic heterocycles. The van der Waals surface area contributed by atoms with Gasteiger partial charge in [-0.1, -0.05) is 26.2 Å². The third-order valence-corrected chi connectivity index (χ3v) is 2.96. The molecule has 0 aromatic rings. The maximum absolute atomic E-state index is 6.07. The van der Waals surface area contributed by atoms with E-state index in [1.807, 2.05) is 0 Å². The van der Waals surface area contributed by atoms with E-state index < -0.39 is 0 Å². The van der Waals surface area contributed by atoms with Gasteiger partial charge < -0.3 is 4.74 Å². The highest BCUT2D eigenvalue weighted by molar-refractivity contribution is 6.58. The maximum atomic E-state index is 6.07. The summed E-state index contributed by atoms with van der Waals surface area (Å²) >= 11 is 0. The van der Waals surface area contributed by atoms with Crippen molar-refractivity contribution >= 4 is 23.5 Å². The van der Waals surface area contributed by atoms with Gasteiger partial charge >= 0.3 is 0 Å². The highest BCUT2D eigenvalue weighted by Gasteiger charge is 2.42. The Hall–Kier alpha value is 0.155. The Morgan fingerprint density at radius 3 is 2.36 bits per heavy atom. The molecule has 78 valence electrons. The fourth-order valence-electron chi connectivity index (χ4n) is 2.68. The molecule has 0 atom stereocenters. The lowest BCUT2D eigenvalue weighted by atomic mass is 9.51. The van der Waals surface area contributed by atoms with E-state index in [1.54, 1.807) is 0 Å². The summed E-state index contributed by atoms with van der Waals surface area (Å²) in [6.07, 6.45) is 6.65. The molecule has 0 amide bonds. The van der Waals surface area contributed by atoms with Crippen LogP contribution in [-0.4, -0.2) is 34.4 Å². The molecule has 1 saturated carbocycles. The lowest BCUT2D eigenvalue weighted by molar-refractivity contribution is -0.122. The zero-order valence-corrected chi connectivity index (χ0v) is 10.5. The van der Waals surface area contributed by atoms with Crippen molar-refractivity contribution < 1.29 is 4.74 Å². The molecule has 1 aliphatic carbocycles. The maximum Gasteiger partial charge on any atom is 0.121 e. The van der Waals surface area contributed by atoms with E-state index in [4.69, 9.17) is 4.74 Å². The predicted octanol–water partition coefficient (Wildman–Crippen LogP) is -0.128. The van der Waals surface area contributed by atoms with Crippen LogP contribution in [0.5, 0.6) is 0 Å². The van der Waals surface area contributed by atoms with Crippen LogP contribution in [0.2, 0.25) is 0 Å². The largest absolute Gasteiger partial charge is 0.395 e. The number of hydrogen-bond acceptors (Lipinski definition) is 1. The van der Waals surface area contributed by atoms with Gasteiger partial charge in [0.2, 0.25) is 0 Å². The van der Waals surface area contributed by atoms with Gasteiger partial charge in [-0.3, -0.25) is 0 Å². The minimum absolute atomic E-state index is 0.0183. The van der Waals surface area contributed by atoms with Gasteiger partial charge in [-0.05, 0) is 31.0 Å². The molecule has 1 aliphatic rings. The first-order valence-corrected chi connectivity index (χ1v) is 6.05. The summed E-state index contributed by atoms with van der Waals surface area (Å²) in [7, 11) is 6.45. The van der Waals surface area contributed by atoms with E-state index in [1.165, 1.54) is 32.1 Å². The average Bonchev–Trinajstić information content (AvgIpc) is 1.93. The van der Waals surface area contributed by atoms with Gasteiger partial charge in [0.25, 0.3) is 0 Å². The summed E-state index contributed by atoms with van der Waals surface area (Å²) < 4.78 is 6.07. The summed E-state index contributed by atoms with van der Waals surface area (Å²) in [5, 5.41) is 0.0183. The summed E-state index contributed by atoms with van der Waals surface area (Å²) in [5.74, 6) is 0.933. The number of rotatable bonds is 5. The highest BCUT2D eigenvalue weighted by Crippen LogP contribution is 2.44. The van der Waals surface area contributed by atoms with Crippen LogP contribution in [0.3, 0.4) is 0 Å². The van der Waals surface area contributed by atoms with Crippen LogP contribution in [0, 0.1) is 5.92 Å². The van der Waals surface area contributed by atoms with E-state index in [-0.39, 0.29) is 10.9 Å². The second-order valence-electron chi connectivity index (χ2n) is 6.08. The molecule has 0 bridgehead atoms. The monoisotopic (exact) mass is 192 g/mol. The molecule has 0 spiro atoms. The van der Waals surface area contributed by atoms with Crippen LogP contribution in [-0.2, 0) is 4.74 Å². The summed E-state index contributed by atoms with van der Waals surface area (Å²) in [5.41, 5.74) is 0.177. The molecule has 0 aromatic heterocycles. The first kappa shape index (κ1) is 12.2. The Morgan fingerprint density at radius 1 is 1.36 bits per heavy atom. The molecule has 1 fully saturated rings. The van der Waals surface area contributed by atoms with Crippen LogP contribution in [0.1, 0.15) is 46.0 Å². The number of unbranched alkanes of at least 4 members (excludes halogenated alkanes) is 1. The third kappa shape index (κ3) is 3.72. The van der Waals surface area contributed by atoms with Crippen LogP contribution in [0.25, 0.3) is 0 Å². The predicted molar refractivity (Wildman–Crippen MR) is 70.1 cm³/mol. The molecule has 1 nitrogen and oxygen atoms in total. The minimum Gasteiger partial charge on any atom is -0.395 e. The summed E-state index contributed by atoms with van der Waals surface area (Å²) in [6, 6.07) is 0. The molecule has 4 heteroatoms. The zero-order chi connectivity index (χ0) is 10.8.